The average molecular weight is 303 g/mol. The standard InChI is InChI=1S/C15H15ClN4O/c1-3-19-11-7-5-6-8-12(11)20(4-2)15(21)10-9-13(16)17-18-14(10)19/h5-9H,3-4H2,1-2H3. The van der Waals surface area contributed by atoms with Crippen LogP contribution in [0, 0.1) is 0 Å². The Bertz CT molecular complexity index is 704. The van der Waals surface area contributed by atoms with E-state index in [2.05, 4.69) is 10.2 Å². The molecule has 108 valence electrons. The lowest BCUT2D eigenvalue weighted by Gasteiger charge is -2.24. The maximum Gasteiger partial charge on any atom is 0.262 e. The monoisotopic (exact) mass is 302 g/mol. The third-order valence-electron chi connectivity index (χ3n) is 3.57. The van der Waals surface area contributed by atoms with Gasteiger partial charge in [-0.1, -0.05) is 23.7 Å². The van der Waals surface area contributed by atoms with Gasteiger partial charge in [-0.3, -0.25) is 4.79 Å². The van der Waals surface area contributed by atoms with Crippen molar-refractivity contribution in [3.05, 3.63) is 41.0 Å². The van der Waals surface area contributed by atoms with Crippen LogP contribution in [-0.2, 0) is 0 Å². The zero-order valence-electron chi connectivity index (χ0n) is 11.9. The fraction of sp³-hybridized carbons (Fsp3) is 0.267. The number of carbonyl (C=O) groups is 1. The molecular weight excluding hydrogens is 288 g/mol. The van der Waals surface area contributed by atoms with Gasteiger partial charge >= 0.3 is 0 Å². The molecule has 0 unspecified atom stereocenters. The number of nitrogens with zero attached hydrogens (tertiary/aromatic N) is 4. The molecule has 1 aliphatic heterocycles. The molecule has 2 heterocycles. The van der Waals surface area contributed by atoms with Crippen LogP contribution in [0.2, 0.25) is 5.15 Å². The minimum absolute atomic E-state index is 0.104. The van der Waals surface area contributed by atoms with E-state index in [9.17, 15) is 4.79 Å². The molecule has 2 aromatic rings. The molecule has 0 saturated heterocycles. The highest BCUT2D eigenvalue weighted by Gasteiger charge is 2.31. The molecule has 6 heteroatoms. The molecule has 1 aromatic carbocycles. The Kier molecular flexibility index (Phi) is 3.51. The smallest absolute Gasteiger partial charge is 0.262 e. The summed E-state index contributed by atoms with van der Waals surface area (Å²) in [6.45, 7) is 5.23. The third-order valence-corrected chi connectivity index (χ3v) is 3.76. The Balaban J connectivity index is 2.32. The van der Waals surface area contributed by atoms with Gasteiger partial charge in [-0.15, -0.1) is 10.2 Å². The van der Waals surface area contributed by atoms with Gasteiger partial charge in [0.05, 0.1) is 16.9 Å². The Morgan fingerprint density at radius 3 is 2.29 bits per heavy atom. The molecule has 0 spiro atoms. The second kappa shape index (κ2) is 5.33. The maximum absolute atomic E-state index is 12.8. The molecule has 3 rings (SSSR count). The highest BCUT2D eigenvalue weighted by atomic mass is 35.5. The van der Waals surface area contributed by atoms with Gasteiger partial charge in [-0.25, -0.2) is 0 Å². The Hall–Kier alpha value is -2.14. The number of hydrogen-bond donors (Lipinski definition) is 0. The summed E-state index contributed by atoms with van der Waals surface area (Å²) in [6.07, 6.45) is 0. The van der Waals surface area contributed by atoms with Gasteiger partial charge in [0.15, 0.2) is 11.0 Å². The fourth-order valence-electron chi connectivity index (χ4n) is 2.64. The molecule has 5 nitrogen and oxygen atoms in total. The van der Waals surface area contributed by atoms with Crippen molar-refractivity contribution >= 4 is 34.7 Å². The van der Waals surface area contributed by atoms with E-state index >= 15 is 0 Å². The van der Waals surface area contributed by atoms with Crippen LogP contribution in [0.4, 0.5) is 17.2 Å². The minimum Gasteiger partial charge on any atom is -0.323 e. The molecule has 1 aliphatic rings. The predicted octanol–water partition coefficient (Wildman–Crippen LogP) is 3.27. The molecule has 0 N–H and O–H groups in total. The van der Waals surface area contributed by atoms with Crippen molar-refractivity contribution in [1.29, 1.82) is 0 Å². The van der Waals surface area contributed by atoms with Gasteiger partial charge in [0.25, 0.3) is 5.91 Å². The van der Waals surface area contributed by atoms with Crippen LogP contribution in [0.15, 0.2) is 30.3 Å². The number of hydrogen-bond acceptors (Lipinski definition) is 4. The summed E-state index contributed by atoms with van der Waals surface area (Å²) in [7, 11) is 0. The Labute approximate surface area is 128 Å². The van der Waals surface area contributed by atoms with E-state index in [1.165, 1.54) is 0 Å². The normalized spacial score (nSPS) is 13.8. The number of carbonyl (C=O) groups excluding carboxylic acids is 1. The van der Waals surface area contributed by atoms with Crippen molar-refractivity contribution in [2.75, 3.05) is 22.9 Å². The van der Waals surface area contributed by atoms with Crippen molar-refractivity contribution in [2.24, 2.45) is 0 Å². The highest BCUT2D eigenvalue weighted by Crippen LogP contribution is 2.39. The van der Waals surface area contributed by atoms with Crippen molar-refractivity contribution in [1.82, 2.24) is 10.2 Å². The number of benzene rings is 1. The van der Waals surface area contributed by atoms with Crippen molar-refractivity contribution in [2.45, 2.75) is 13.8 Å². The molecule has 0 radical (unpaired) electrons. The van der Waals surface area contributed by atoms with Crippen LogP contribution in [-0.4, -0.2) is 29.2 Å². The van der Waals surface area contributed by atoms with Crippen molar-refractivity contribution in [3.8, 4) is 0 Å². The first-order chi connectivity index (χ1) is 10.2. The van der Waals surface area contributed by atoms with Crippen LogP contribution in [0.5, 0.6) is 0 Å². The molecule has 0 aliphatic carbocycles. The molecular formula is C15H15ClN4O. The zero-order valence-corrected chi connectivity index (χ0v) is 12.6. The first-order valence-electron chi connectivity index (χ1n) is 6.89. The number of amides is 1. The van der Waals surface area contributed by atoms with Gasteiger partial charge < -0.3 is 9.80 Å². The summed E-state index contributed by atoms with van der Waals surface area (Å²) in [4.78, 5) is 16.5. The van der Waals surface area contributed by atoms with Crippen LogP contribution < -0.4 is 9.80 Å². The summed E-state index contributed by atoms with van der Waals surface area (Å²) < 4.78 is 0. The van der Waals surface area contributed by atoms with Gasteiger partial charge in [0.1, 0.15) is 0 Å². The second-order valence-corrected chi connectivity index (χ2v) is 5.07. The van der Waals surface area contributed by atoms with Gasteiger partial charge in [-0.2, -0.15) is 0 Å². The lowest BCUT2D eigenvalue weighted by Crippen LogP contribution is -2.30. The number of para-hydroxylation sites is 2. The van der Waals surface area contributed by atoms with E-state index in [4.69, 9.17) is 11.6 Å². The first-order valence-corrected chi connectivity index (χ1v) is 7.26. The number of rotatable bonds is 2. The third kappa shape index (κ3) is 2.14. The minimum atomic E-state index is -0.104. The summed E-state index contributed by atoms with van der Waals surface area (Å²) >= 11 is 5.93. The molecule has 0 atom stereocenters. The largest absolute Gasteiger partial charge is 0.323 e. The first kappa shape index (κ1) is 13.8. The van der Waals surface area contributed by atoms with E-state index in [1.54, 1.807) is 11.0 Å². The van der Waals surface area contributed by atoms with E-state index in [0.29, 0.717) is 24.5 Å². The van der Waals surface area contributed by atoms with Crippen LogP contribution >= 0.6 is 11.6 Å². The maximum atomic E-state index is 12.8. The van der Waals surface area contributed by atoms with Gasteiger partial charge in [0.2, 0.25) is 0 Å². The summed E-state index contributed by atoms with van der Waals surface area (Å²) in [5.41, 5.74) is 2.31. The lowest BCUT2D eigenvalue weighted by atomic mass is 10.2. The van der Waals surface area contributed by atoms with Gasteiger partial charge in [0, 0.05) is 13.1 Å². The Morgan fingerprint density at radius 1 is 1.05 bits per heavy atom. The van der Waals surface area contributed by atoms with Crippen molar-refractivity contribution in [3.63, 3.8) is 0 Å². The second-order valence-electron chi connectivity index (χ2n) is 4.69. The van der Waals surface area contributed by atoms with Crippen molar-refractivity contribution < 1.29 is 4.79 Å². The van der Waals surface area contributed by atoms with Crippen LogP contribution in [0.1, 0.15) is 24.2 Å². The number of anilines is 3. The molecule has 21 heavy (non-hydrogen) atoms. The quantitative estimate of drug-likeness (QED) is 0.854. The number of aromatic nitrogens is 2. The van der Waals surface area contributed by atoms with E-state index in [0.717, 1.165) is 11.4 Å². The van der Waals surface area contributed by atoms with E-state index < -0.39 is 0 Å². The van der Waals surface area contributed by atoms with E-state index in [-0.39, 0.29) is 11.1 Å². The number of fused-ring (bicyclic) bond motifs is 2. The summed E-state index contributed by atoms with van der Waals surface area (Å²) in [5, 5.41) is 8.26. The average Bonchev–Trinajstić information content (AvgIpc) is 2.60. The van der Waals surface area contributed by atoms with Crippen LogP contribution in [0.25, 0.3) is 0 Å². The van der Waals surface area contributed by atoms with Gasteiger partial charge in [-0.05, 0) is 32.0 Å². The lowest BCUT2D eigenvalue weighted by molar-refractivity contribution is 0.0989. The Morgan fingerprint density at radius 2 is 1.67 bits per heavy atom. The number of halogens is 1. The summed E-state index contributed by atoms with van der Waals surface area (Å²) in [6, 6.07) is 9.40. The predicted molar refractivity (Wildman–Crippen MR) is 83.5 cm³/mol. The highest BCUT2D eigenvalue weighted by molar-refractivity contribution is 6.30. The summed E-state index contributed by atoms with van der Waals surface area (Å²) in [5.74, 6) is 0.447. The molecule has 0 bridgehead atoms. The van der Waals surface area contributed by atoms with E-state index in [1.807, 2.05) is 43.0 Å². The topological polar surface area (TPSA) is 49.3 Å². The zero-order chi connectivity index (χ0) is 15.0. The van der Waals surface area contributed by atoms with Crippen LogP contribution in [0.3, 0.4) is 0 Å². The fourth-order valence-corrected chi connectivity index (χ4v) is 2.79. The molecule has 0 saturated carbocycles. The SMILES string of the molecule is CCN1C(=O)c2cc(Cl)nnc2N(CC)c2ccccc21. The molecule has 0 fully saturated rings. The molecule has 1 aromatic heterocycles. The molecule has 1 amide bonds.